The Morgan fingerprint density at radius 2 is 1.88 bits per heavy atom. The van der Waals surface area contributed by atoms with E-state index in [4.69, 9.17) is 10.4 Å². The van der Waals surface area contributed by atoms with Crippen molar-refractivity contribution in [2.24, 2.45) is 0 Å². The number of hydrogen-bond donors (Lipinski definition) is 2. The molecule has 2 atom stereocenters. The molecule has 7 heteroatoms. The van der Waals surface area contributed by atoms with Crippen LogP contribution in [0.1, 0.15) is 60.8 Å². The van der Waals surface area contributed by atoms with Crippen LogP contribution in [-0.4, -0.2) is 19.9 Å². The highest BCUT2D eigenvalue weighted by atomic mass is 16.2. The summed E-state index contributed by atoms with van der Waals surface area (Å²) >= 11 is 0. The van der Waals surface area contributed by atoms with Crippen molar-refractivity contribution in [2.75, 3.05) is 0 Å². The molecule has 1 amide bonds. The lowest BCUT2D eigenvalue weighted by Crippen LogP contribution is -2.36. The van der Waals surface area contributed by atoms with Crippen molar-refractivity contribution in [2.45, 2.75) is 46.2 Å². The van der Waals surface area contributed by atoms with Gasteiger partial charge in [0.1, 0.15) is 16.8 Å². The quantitative estimate of drug-likeness (QED) is 0.471. The van der Waals surface area contributed by atoms with Gasteiger partial charge in [-0.05, 0) is 50.5 Å². The number of fused-ring (bicyclic) bond motifs is 2. The molecule has 164 valence electrons. The number of nitrogens with one attached hydrogen (secondary N) is 2. The minimum absolute atomic E-state index is 0.0490. The molecule has 0 bridgehead atoms. The maximum Gasteiger partial charge on any atom is 0.267 e. The second kappa shape index (κ2) is 8.42. The Kier molecular flexibility index (Phi) is 5.65. The van der Waals surface area contributed by atoms with Crippen molar-refractivity contribution < 1.29 is 4.79 Å². The van der Waals surface area contributed by atoms with E-state index in [9.17, 15) is 9.59 Å². The Hall–Kier alpha value is -3.74. The van der Waals surface area contributed by atoms with E-state index >= 15 is 0 Å². The van der Waals surface area contributed by atoms with Crippen LogP contribution in [-0.2, 0) is 0 Å². The predicted molar refractivity (Wildman–Crippen MR) is 125 cm³/mol. The number of nitrogens with zero attached hydrogens (tertiary/aromatic N) is 3. The molecule has 2 N–H and O–H groups in total. The molecule has 0 fully saturated rings. The molecule has 1 aromatic carbocycles. The van der Waals surface area contributed by atoms with E-state index in [2.05, 4.69) is 5.32 Å². The Balaban J connectivity index is 1.93. The third-order valence-electron chi connectivity index (χ3n) is 5.92. The first-order valence-electron chi connectivity index (χ1n) is 10.8. The van der Waals surface area contributed by atoms with E-state index in [1.807, 2.05) is 64.1 Å². The Labute approximate surface area is 185 Å². The average molecular weight is 430 g/mol. The molecule has 4 aromatic rings. The van der Waals surface area contributed by atoms with Crippen molar-refractivity contribution in [3.8, 4) is 0 Å². The molecule has 0 saturated carbocycles. The van der Waals surface area contributed by atoms with Gasteiger partial charge >= 0.3 is 0 Å². The zero-order valence-electron chi connectivity index (χ0n) is 18.7. The molecule has 0 radical (unpaired) electrons. The van der Waals surface area contributed by atoms with Crippen molar-refractivity contribution in [3.05, 3.63) is 87.3 Å². The molecule has 0 saturated heterocycles. The Morgan fingerprint density at radius 3 is 2.56 bits per heavy atom. The summed E-state index contributed by atoms with van der Waals surface area (Å²) in [6, 6.07) is 14.5. The third-order valence-corrected chi connectivity index (χ3v) is 5.92. The topological polar surface area (TPSA) is 92.2 Å². The molecule has 0 aliphatic heterocycles. The minimum atomic E-state index is -0.390. The number of hydrogen-bond acceptors (Lipinski definition) is 4. The average Bonchev–Trinajstić information content (AvgIpc) is 2.79. The van der Waals surface area contributed by atoms with Gasteiger partial charge in [-0.25, -0.2) is 4.98 Å². The molecule has 0 spiro atoms. The van der Waals surface area contributed by atoms with Crippen LogP contribution in [0.4, 0.5) is 0 Å². The summed E-state index contributed by atoms with van der Waals surface area (Å²) in [6.07, 6.45) is 2.47. The fourth-order valence-corrected chi connectivity index (χ4v) is 3.89. The Morgan fingerprint density at radius 1 is 1.16 bits per heavy atom. The standard InChI is InChI=1S/C25H27N5O2/c1-5-16(3)30-22(26)19(24(31)27-17(4)18-9-7-6-8-10-18)13-20-23(30)28-21-12-11-15(2)14-29(21)25(20)32/h6-14,16-17,26H,5H2,1-4H3,(H,27,31)/t16-,17+/m0/s1. The molecule has 7 nitrogen and oxygen atoms in total. The first-order chi connectivity index (χ1) is 15.3. The number of aromatic nitrogens is 3. The van der Waals surface area contributed by atoms with Crippen LogP contribution in [0.2, 0.25) is 0 Å². The summed E-state index contributed by atoms with van der Waals surface area (Å²) in [5.74, 6) is -0.390. The molecule has 32 heavy (non-hydrogen) atoms. The van der Waals surface area contributed by atoms with Crippen molar-refractivity contribution in [1.29, 1.82) is 5.41 Å². The predicted octanol–water partition coefficient (Wildman–Crippen LogP) is 3.90. The highest BCUT2D eigenvalue weighted by molar-refractivity contribution is 5.97. The summed E-state index contributed by atoms with van der Waals surface area (Å²) < 4.78 is 3.19. The van der Waals surface area contributed by atoms with Crippen LogP contribution in [0, 0.1) is 12.3 Å². The second-order valence-corrected chi connectivity index (χ2v) is 8.23. The fraction of sp³-hybridized carbons (Fsp3) is 0.280. The number of benzene rings is 1. The maximum absolute atomic E-state index is 13.3. The zero-order valence-corrected chi connectivity index (χ0v) is 18.7. The molecule has 3 heterocycles. The highest BCUT2D eigenvalue weighted by Crippen LogP contribution is 2.18. The van der Waals surface area contributed by atoms with Crippen LogP contribution in [0.15, 0.2) is 59.5 Å². The van der Waals surface area contributed by atoms with E-state index in [1.165, 1.54) is 10.5 Å². The maximum atomic E-state index is 13.3. The van der Waals surface area contributed by atoms with Crippen molar-refractivity contribution in [3.63, 3.8) is 0 Å². The lowest BCUT2D eigenvalue weighted by Gasteiger charge is -2.20. The smallest absolute Gasteiger partial charge is 0.267 e. The summed E-state index contributed by atoms with van der Waals surface area (Å²) in [5, 5.41) is 12.1. The van der Waals surface area contributed by atoms with Crippen LogP contribution >= 0.6 is 0 Å². The number of rotatable bonds is 5. The minimum Gasteiger partial charge on any atom is -0.345 e. The van der Waals surface area contributed by atoms with E-state index in [1.54, 1.807) is 16.8 Å². The monoisotopic (exact) mass is 429 g/mol. The highest BCUT2D eigenvalue weighted by Gasteiger charge is 2.21. The molecule has 0 aliphatic carbocycles. The lowest BCUT2D eigenvalue weighted by atomic mass is 10.1. The molecule has 3 aromatic heterocycles. The van der Waals surface area contributed by atoms with Gasteiger partial charge in [0.2, 0.25) is 0 Å². The summed E-state index contributed by atoms with van der Waals surface area (Å²) in [6.45, 7) is 7.77. The van der Waals surface area contributed by atoms with Gasteiger partial charge in [0, 0.05) is 12.2 Å². The number of amides is 1. The van der Waals surface area contributed by atoms with Crippen LogP contribution in [0.3, 0.4) is 0 Å². The van der Waals surface area contributed by atoms with E-state index in [-0.39, 0.29) is 34.6 Å². The van der Waals surface area contributed by atoms with Gasteiger partial charge in [-0.2, -0.15) is 0 Å². The second-order valence-electron chi connectivity index (χ2n) is 8.23. The summed E-state index contributed by atoms with van der Waals surface area (Å²) in [5.41, 5.74) is 2.79. The molecule has 0 aliphatic rings. The first-order valence-corrected chi connectivity index (χ1v) is 10.8. The molecular formula is C25H27N5O2. The van der Waals surface area contributed by atoms with Crippen LogP contribution in [0.25, 0.3) is 16.7 Å². The number of carbonyl (C=O) groups excluding carboxylic acids is 1. The molecule has 0 unspecified atom stereocenters. The lowest BCUT2D eigenvalue weighted by molar-refractivity contribution is 0.0937. The van der Waals surface area contributed by atoms with E-state index in [0.29, 0.717) is 16.7 Å². The fourth-order valence-electron chi connectivity index (χ4n) is 3.89. The van der Waals surface area contributed by atoms with Crippen LogP contribution in [0.5, 0.6) is 0 Å². The SMILES string of the molecule is CC[C@H](C)n1c(=N)c(C(=O)N[C@H](C)c2ccccc2)cc2c(=O)n3cc(C)ccc3nc21. The van der Waals surface area contributed by atoms with Gasteiger partial charge in [-0.1, -0.05) is 43.3 Å². The van der Waals surface area contributed by atoms with Gasteiger partial charge in [0.05, 0.1) is 17.0 Å². The third kappa shape index (κ3) is 3.70. The summed E-state index contributed by atoms with van der Waals surface area (Å²) in [7, 11) is 0. The first kappa shape index (κ1) is 21.5. The number of carbonyl (C=O) groups is 1. The van der Waals surface area contributed by atoms with Crippen molar-refractivity contribution in [1.82, 2.24) is 19.3 Å². The number of aryl methyl sites for hydroxylation is 1. The van der Waals surface area contributed by atoms with Crippen molar-refractivity contribution >= 4 is 22.6 Å². The van der Waals surface area contributed by atoms with Gasteiger partial charge in [0.15, 0.2) is 0 Å². The van der Waals surface area contributed by atoms with Gasteiger partial charge < -0.3 is 9.88 Å². The van der Waals surface area contributed by atoms with E-state index < -0.39 is 0 Å². The largest absolute Gasteiger partial charge is 0.345 e. The van der Waals surface area contributed by atoms with Gasteiger partial charge in [0.25, 0.3) is 11.5 Å². The summed E-state index contributed by atoms with van der Waals surface area (Å²) in [4.78, 5) is 31.3. The number of pyridine rings is 2. The Bertz CT molecular complexity index is 1440. The van der Waals surface area contributed by atoms with Gasteiger partial charge in [-0.15, -0.1) is 0 Å². The van der Waals surface area contributed by atoms with Crippen LogP contribution < -0.4 is 16.4 Å². The van der Waals surface area contributed by atoms with E-state index in [0.717, 1.165) is 17.5 Å². The molecule has 4 rings (SSSR count). The normalized spacial score (nSPS) is 13.2. The molecular weight excluding hydrogens is 402 g/mol. The zero-order chi connectivity index (χ0) is 23.0. The van der Waals surface area contributed by atoms with Gasteiger partial charge in [-0.3, -0.25) is 19.4 Å².